The number of unbranched alkanes of at least 4 members (excludes halogenated alkanes) is 11. The van der Waals surface area contributed by atoms with Crippen molar-refractivity contribution in [2.75, 3.05) is 13.2 Å². The van der Waals surface area contributed by atoms with Crippen molar-refractivity contribution in [3.05, 3.63) is 35.9 Å². The molecule has 0 unspecified atom stereocenters. The van der Waals surface area contributed by atoms with Crippen LogP contribution in [0.1, 0.15) is 103 Å². The quantitative estimate of drug-likeness (QED) is 0.156. The van der Waals surface area contributed by atoms with Gasteiger partial charge >= 0.3 is 8.56 Å². The van der Waals surface area contributed by atoms with Crippen LogP contribution in [0.25, 0.3) is 0 Å². The fraction of sp³-hybridized carbons (Fsp3) is 0.769. The second kappa shape index (κ2) is 18.2. The molecule has 0 heterocycles. The van der Waals surface area contributed by atoms with Gasteiger partial charge in [0.1, 0.15) is 0 Å². The summed E-state index contributed by atoms with van der Waals surface area (Å²) in [5.41, 5.74) is 1.35. The Morgan fingerprint density at radius 2 is 1.07 bits per heavy atom. The lowest BCUT2D eigenvalue weighted by Gasteiger charge is -2.29. The summed E-state index contributed by atoms with van der Waals surface area (Å²) in [7, 11) is -2.00. The minimum atomic E-state index is -2.00. The van der Waals surface area contributed by atoms with Crippen LogP contribution in [0.3, 0.4) is 0 Å². The van der Waals surface area contributed by atoms with E-state index >= 15 is 0 Å². The Bertz CT molecular complexity index is 459. The lowest BCUT2D eigenvalue weighted by molar-refractivity contribution is 0.167. The minimum absolute atomic E-state index is 0.788. The van der Waals surface area contributed by atoms with Gasteiger partial charge < -0.3 is 8.85 Å². The number of hydrogen-bond acceptors (Lipinski definition) is 2. The van der Waals surface area contributed by atoms with E-state index in [2.05, 4.69) is 51.1 Å². The van der Waals surface area contributed by atoms with Gasteiger partial charge in [0.15, 0.2) is 0 Å². The zero-order valence-corrected chi connectivity index (χ0v) is 20.7. The third-order valence-corrected chi connectivity index (χ3v) is 9.65. The molecule has 0 atom stereocenters. The van der Waals surface area contributed by atoms with Crippen LogP contribution in [0.15, 0.2) is 30.3 Å². The molecule has 0 fully saturated rings. The summed E-state index contributed by atoms with van der Waals surface area (Å²) in [6.07, 6.45) is 17.6. The molecule has 0 saturated heterocycles. The maximum absolute atomic E-state index is 6.37. The first-order valence-electron chi connectivity index (χ1n) is 12.6. The van der Waals surface area contributed by atoms with Crippen LogP contribution in [0.2, 0.25) is 12.1 Å². The Morgan fingerprint density at radius 1 is 0.586 bits per heavy atom. The average Bonchev–Trinajstić information content (AvgIpc) is 2.76. The van der Waals surface area contributed by atoms with E-state index < -0.39 is 8.56 Å². The van der Waals surface area contributed by atoms with Crippen molar-refractivity contribution in [3.8, 4) is 0 Å². The van der Waals surface area contributed by atoms with Crippen molar-refractivity contribution < 1.29 is 8.85 Å². The Labute approximate surface area is 183 Å². The highest BCUT2D eigenvalue weighted by Gasteiger charge is 2.33. The van der Waals surface area contributed by atoms with Crippen molar-refractivity contribution >= 4 is 8.56 Å². The highest BCUT2D eigenvalue weighted by Crippen LogP contribution is 2.20. The van der Waals surface area contributed by atoms with E-state index in [4.69, 9.17) is 8.85 Å². The van der Waals surface area contributed by atoms with Crippen LogP contribution >= 0.6 is 0 Å². The standard InChI is InChI=1S/C26H48O2Si/c1-4-7-8-9-10-11-12-13-14-15-16-20-24-27-29(5-2,6-3)28-25-23-26-21-18-17-19-22-26/h17-19,21-22H,4-16,20,23-25H2,1-3H3. The maximum atomic E-state index is 6.37. The van der Waals surface area contributed by atoms with Crippen LogP contribution < -0.4 is 0 Å². The highest BCUT2D eigenvalue weighted by molar-refractivity contribution is 6.67. The Kier molecular flexibility index (Phi) is 16.5. The van der Waals surface area contributed by atoms with E-state index in [0.717, 1.165) is 31.7 Å². The molecule has 0 aromatic heterocycles. The third-order valence-electron chi connectivity index (χ3n) is 6.04. The molecule has 0 aliphatic heterocycles. The fourth-order valence-electron chi connectivity index (χ4n) is 3.90. The van der Waals surface area contributed by atoms with Crippen molar-refractivity contribution in [1.29, 1.82) is 0 Å². The van der Waals surface area contributed by atoms with Crippen molar-refractivity contribution in [1.82, 2.24) is 0 Å². The maximum Gasteiger partial charge on any atom is 0.337 e. The van der Waals surface area contributed by atoms with E-state index in [0.29, 0.717) is 0 Å². The fourth-order valence-corrected chi connectivity index (χ4v) is 6.29. The normalized spacial score (nSPS) is 11.8. The predicted molar refractivity (Wildman–Crippen MR) is 130 cm³/mol. The largest absolute Gasteiger partial charge is 0.394 e. The lowest BCUT2D eigenvalue weighted by Crippen LogP contribution is -2.41. The van der Waals surface area contributed by atoms with E-state index in [1.807, 2.05) is 0 Å². The van der Waals surface area contributed by atoms with Gasteiger partial charge in [-0.3, -0.25) is 0 Å². The van der Waals surface area contributed by atoms with Gasteiger partial charge in [-0.2, -0.15) is 0 Å². The molecule has 29 heavy (non-hydrogen) atoms. The van der Waals surface area contributed by atoms with E-state index in [1.54, 1.807) is 0 Å². The summed E-state index contributed by atoms with van der Waals surface area (Å²) in [6.45, 7) is 8.44. The Morgan fingerprint density at radius 3 is 1.59 bits per heavy atom. The third kappa shape index (κ3) is 13.3. The monoisotopic (exact) mass is 420 g/mol. The minimum Gasteiger partial charge on any atom is -0.394 e. The van der Waals surface area contributed by atoms with Gasteiger partial charge in [0.05, 0.1) is 0 Å². The lowest BCUT2D eigenvalue weighted by atomic mass is 10.1. The van der Waals surface area contributed by atoms with E-state index in [-0.39, 0.29) is 0 Å². The summed E-state index contributed by atoms with van der Waals surface area (Å²) in [4.78, 5) is 0. The number of benzene rings is 1. The molecule has 0 aliphatic carbocycles. The summed E-state index contributed by atoms with van der Waals surface area (Å²) >= 11 is 0. The zero-order valence-electron chi connectivity index (χ0n) is 19.7. The second-order valence-corrected chi connectivity index (χ2v) is 12.3. The summed E-state index contributed by atoms with van der Waals surface area (Å²) in [5.74, 6) is 0. The SMILES string of the molecule is CCCCCCCCCCCCCCO[Si](CC)(CC)OCCc1ccccc1. The second-order valence-electron chi connectivity index (χ2n) is 8.44. The highest BCUT2D eigenvalue weighted by atomic mass is 28.4. The van der Waals surface area contributed by atoms with Crippen LogP contribution in [0, 0.1) is 0 Å². The summed E-state index contributed by atoms with van der Waals surface area (Å²) in [6, 6.07) is 12.7. The molecule has 1 rings (SSSR count). The summed E-state index contributed by atoms with van der Waals surface area (Å²) < 4.78 is 12.7. The molecule has 0 aliphatic rings. The molecule has 1 aromatic carbocycles. The number of rotatable bonds is 20. The molecule has 0 saturated carbocycles. The molecular formula is C26H48O2Si. The first kappa shape index (κ1) is 26.4. The van der Waals surface area contributed by atoms with Crippen molar-refractivity contribution in [3.63, 3.8) is 0 Å². The molecule has 0 bridgehead atoms. The number of hydrogen-bond donors (Lipinski definition) is 0. The molecule has 168 valence electrons. The molecule has 0 spiro atoms. The van der Waals surface area contributed by atoms with E-state index in [9.17, 15) is 0 Å². The van der Waals surface area contributed by atoms with Gasteiger partial charge in [-0.05, 0) is 30.5 Å². The average molecular weight is 421 g/mol. The first-order valence-corrected chi connectivity index (χ1v) is 14.8. The van der Waals surface area contributed by atoms with Gasteiger partial charge in [-0.25, -0.2) is 0 Å². The van der Waals surface area contributed by atoms with Gasteiger partial charge in [-0.1, -0.05) is 122 Å². The summed E-state index contributed by atoms with van der Waals surface area (Å²) in [5, 5.41) is 0. The first-order chi connectivity index (χ1) is 14.3. The molecule has 0 amide bonds. The Hall–Kier alpha value is -0.643. The van der Waals surface area contributed by atoms with Crippen LogP contribution in [0.5, 0.6) is 0 Å². The van der Waals surface area contributed by atoms with Crippen LogP contribution in [0.4, 0.5) is 0 Å². The van der Waals surface area contributed by atoms with Gasteiger partial charge in [0, 0.05) is 13.2 Å². The molecule has 2 nitrogen and oxygen atoms in total. The Balaban J connectivity index is 2.03. The smallest absolute Gasteiger partial charge is 0.337 e. The van der Waals surface area contributed by atoms with Crippen LogP contribution in [-0.4, -0.2) is 21.8 Å². The molecule has 0 N–H and O–H groups in total. The van der Waals surface area contributed by atoms with Crippen molar-refractivity contribution in [2.24, 2.45) is 0 Å². The van der Waals surface area contributed by atoms with Crippen LogP contribution in [-0.2, 0) is 15.3 Å². The van der Waals surface area contributed by atoms with E-state index in [1.165, 1.54) is 82.6 Å². The van der Waals surface area contributed by atoms with Gasteiger partial charge in [0.25, 0.3) is 0 Å². The topological polar surface area (TPSA) is 18.5 Å². The molecular weight excluding hydrogens is 372 g/mol. The molecule has 1 aromatic rings. The van der Waals surface area contributed by atoms with Gasteiger partial charge in [-0.15, -0.1) is 0 Å². The molecule has 3 heteroatoms. The zero-order chi connectivity index (χ0) is 21.0. The predicted octanol–water partition coefficient (Wildman–Crippen LogP) is 8.45. The van der Waals surface area contributed by atoms with Gasteiger partial charge in [0.2, 0.25) is 0 Å². The van der Waals surface area contributed by atoms with Crippen molar-refractivity contribution in [2.45, 2.75) is 116 Å². The molecule has 0 radical (unpaired) electrons.